The maximum Gasteiger partial charge on any atom is 0.186 e. The molecule has 3 aromatic rings. The van der Waals surface area contributed by atoms with Crippen molar-refractivity contribution in [2.45, 2.75) is 0 Å². The van der Waals surface area contributed by atoms with E-state index in [0.717, 1.165) is 10.8 Å². The van der Waals surface area contributed by atoms with E-state index in [1.54, 1.807) is 33.5 Å². The second kappa shape index (κ2) is 5.88. The Morgan fingerprint density at radius 3 is 1.81 bits per heavy atom. The number of carbonyl (C=O) groups excluding carboxylic acids is 2. The first-order valence-corrected chi connectivity index (χ1v) is 8.05. The number of ketones is 2. The lowest BCUT2D eigenvalue weighted by Gasteiger charge is -2.19. The van der Waals surface area contributed by atoms with Gasteiger partial charge in [0, 0.05) is 27.3 Å². The standard InChI is InChI=1S/C21H16O5/c1-24-18-6-4-5-11-19(18)21(26-3)15-10-13-12(9-14(15)20(11)25-2)16(22)7-8-17(13)23/h4-10H,1-3H3. The van der Waals surface area contributed by atoms with Crippen LogP contribution in [0.4, 0.5) is 0 Å². The third-order valence-corrected chi connectivity index (χ3v) is 4.69. The van der Waals surface area contributed by atoms with E-state index < -0.39 is 0 Å². The topological polar surface area (TPSA) is 61.8 Å². The van der Waals surface area contributed by atoms with Crippen molar-refractivity contribution in [3.63, 3.8) is 0 Å². The third-order valence-electron chi connectivity index (χ3n) is 4.69. The lowest BCUT2D eigenvalue weighted by atomic mass is 9.89. The molecule has 0 fully saturated rings. The van der Waals surface area contributed by atoms with Gasteiger partial charge in [-0.15, -0.1) is 0 Å². The number of hydrogen-bond donors (Lipinski definition) is 0. The molecule has 26 heavy (non-hydrogen) atoms. The molecule has 0 amide bonds. The van der Waals surface area contributed by atoms with E-state index >= 15 is 0 Å². The van der Waals surface area contributed by atoms with Crippen molar-refractivity contribution in [2.24, 2.45) is 0 Å². The Balaban J connectivity index is 2.26. The van der Waals surface area contributed by atoms with Crippen LogP contribution >= 0.6 is 0 Å². The lowest BCUT2D eigenvalue weighted by Crippen LogP contribution is -2.11. The molecule has 0 unspecified atom stereocenters. The van der Waals surface area contributed by atoms with Gasteiger partial charge in [-0.25, -0.2) is 0 Å². The number of fused-ring (bicyclic) bond motifs is 3. The molecule has 0 aliphatic heterocycles. The molecular formula is C21H16O5. The average molecular weight is 348 g/mol. The number of rotatable bonds is 3. The summed E-state index contributed by atoms with van der Waals surface area (Å²) in [5, 5.41) is 2.96. The summed E-state index contributed by atoms with van der Waals surface area (Å²) in [5.41, 5.74) is 0.729. The van der Waals surface area contributed by atoms with Gasteiger partial charge >= 0.3 is 0 Å². The number of benzene rings is 3. The van der Waals surface area contributed by atoms with Crippen molar-refractivity contribution >= 4 is 33.1 Å². The zero-order valence-corrected chi connectivity index (χ0v) is 14.6. The predicted molar refractivity (Wildman–Crippen MR) is 98.9 cm³/mol. The highest BCUT2D eigenvalue weighted by molar-refractivity contribution is 6.25. The largest absolute Gasteiger partial charge is 0.496 e. The van der Waals surface area contributed by atoms with Crippen LogP contribution in [0.1, 0.15) is 20.7 Å². The third kappa shape index (κ3) is 2.10. The quantitative estimate of drug-likeness (QED) is 0.671. The van der Waals surface area contributed by atoms with Crippen molar-refractivity contribution in [2.75, 3.05) is 21.3 Å². The van der Waals surface area contributed by atoms with Gasteiger partial charge in [-0.2, -0.15) is 0 Å². The summed E-state index contributed by atoms with van der Waals surface area (Å²) in [5.74, 6) is 1.41. The fourth-order valence-corrected chi connectivity index (χ4v) is 3.55. The van der Waals surface area contributed by atoms with Gasteiger partial charge in [0.2, 0.25) is 0 Å². The van der Waals surface area contributed by atoms with Gasteiger partial charge in [0.25, 0.3) is 0 Å². The maximum atomic E-state index is 12.3. The highest BCUT2D eigenvalue weighted by Crippen LogP contribution is 2.47. The first-order valence-electron chi connectivity index (χ1n) is 8.05. The molecule has 1 aliphatic rings. The fourth-order valence-electron chi connectivity index (χ4n) is 3.55. The van der Waals surface area contributed by atoms with Crippen molar-refractivity contribution in [3.05, 3.63) is 53.6 Å². The van der Waals surface area contributed by atoms with Crippen LogP contribution in [0.25, 0.3) is 21.5 Å². The fraction of sp³-hybridized carbons (Fsp3) is 0.143. The minimum Gasteiger partial charge on any atom is -0.496 e. The summed E-state index contributed by atoms with van der Waals surface area (Å²) in [4.78, 5) is 24.5. The van der Waals surface area contributed by atoms with E-state index in [0.29, 0.717) is 39.1 Å². The molecule has 3 aromatic carbocycles. The summed E-state index contributed by atoms with van der Waals surface area (Å²) in [6.45, 7) is 0. The Labute approximate surface area is 149 Å². The molecule has 1 aliphatic carbocycles. The predicted octanol–water partition coefficient (Wildman–Crippen LogP) is 3.95. The lowest BCUT2D eigenvalue weighted by molar-refractivity contribution is 0.0994. The highest BCUT2D eigenvalue weighted by Gasteiger charge is 2.25. The van der Waals surface area contributed by atoms with E-state index in [-0.39, 0.29) is 11.6 Å². The van der Waals surface area contributed by atoms with Crippen LogP contribution in [-0.4, -0.2) is 32.9 Å². The molecule has 4 rings (SSSR count). The summed E-state index contributed by atoms with van der Waals surface area (Å²) in [7, 11) is 4.73. The molecule has 130 valence electrons. The van der Waals surface area contributed by atoms with Crippen LogP contribution in [0.15, 0.2) is 42.5 Å². The number of carbonyl (C=O) groups is 2. The van der Waals surface area contributed by atoms with E-state index in [1.165, 1.54) is 12.2 Å². The Hall–Kier alpha value is -3.34. The zero-order valence-electron chi connectivity index (χ0n) is 14.6. The first-order chi connectivity index (χ1) is 12.6. The van der Waals surface area contributed by atoms with Crippen LogP contribution < -0.4 is 14.2 Å². The van der Waals surface area contributed by atoms with Crippen molar-refractivity contribution in [3.8, 4) is 17.2 Å². The van der Waals surface area contributed by atoms with Crippen LogP contribution in [0.3, 0.4) is 0 Å². The van der Waals surface area contributed by atoms with Crippen molar-refractivity contribution in [1.29, 1.82) is 0 Å². The van der Waals surface area contributed by atoms with Gasteiger partial charge in [-0.1, -0.05) is 12.1 Å². The van der Waals surface area contributed by atoms with Gasteiger partial charge in [0.05, 0.1) is 26.7 Å². The van der Waals surface area contributed by atoms with Crippen molar-refractivity contribution in [1.82, 2.24) is 0 Å². The van der Waals surface area contributed by atoms with Gasteiger partial charge in [0.15, 0.2) is 11.6 Å². The van der Waals surface area contributed by atoms with Crippen LogP contribution in [0.2, 0.25) is 0 Å². The molecule has 0 heterocycles. The molecule has 0 aromatic heterocycles. The Morgan fingerprint density at radius 2 is 1.27 bits per heavy atom. The molecule has 0 N–H and O–H groups in total. The Kier molecular flexibility index (Phi) is 3.65. The van der Waals surface area contributed by atoms with Crippen LogP contribution in [-0.2, 0) is 0 Å². The number of allylic oxidation sites excluding steroid dienone is 2. The smallest absolute Gasteiger partial charge is 0.186 e. The van der Waals surface area contributed by atoms with Crippen molar-refractivity contribution < 1.29 is 23.8 Å². The zero-order chi connectivity index (χ0) is 18.4. The summed E-state index contributed by atoms with van der Waals surface area (Å²) in [6, 6.07) is 9.01. The normalized spacial score (nSPS) is 13.2. The Bertz CT molecular complexity index is 1120. The average Bonchev–Trinajstić information content (AvgIpc) is 2.67. The summed E-state index contributed by atoms with van der Waals surface area (Å²) in [6.07, 6.45) is 2.59. The first kappa shape index (κ1) is 16.1. The second-order valence-electron chi connectivity index (χ2n) is 5.95. The van der Waals surface area contributed by atoms with E-state index in [4.69, 9.17) is 14.2 Å². The molecule has 5 nitrogen and oxygen atoms in total. The molecule has 0 bridgehead atoms. The number of ether oxygens (including phenoxy) is 3. The van der Waals surface area contributed by atoms with E-state index in [9.17, 15) is 9.59 Å². The SMILES string of the molecule is COc1c2cc3c(cc2c(OC)c2c(OC)cccc12)C(=O)C=CC3=O. The monoisotopic (exact) mass is 348 g/mol. The summed E-state index contributed by atoms with van der Waals surface area (Å²) < 4.78 is 16.9. The van der Waals surface area contributed by atoms with Gasteiger partial charge in [-0.3, -0.25) is 9.59 Å². The van der Waals surface area contributed by atoms with Gasteiger partial charge in [0.1, 0.15) is 17.2 Å². The van der Waals surface area contributed by atoms with Crippen LogP contribution in [0, 0.1) is 0 Å². The number of methoxy groups -OCH3 is 3. The minimum absolute atomic E-state index is 0.201. The molecule has 0 spiro atoms. The molecular weight excluding hydrogens is 332 g/mol. The highest BCUT2D eigenvalue weighted by atomic mass is 16.5. The molecule has 0 saturated heterocycles. The molecule has 0 radical (unpaired) electrons. The summed E-state index contributed by atoms with van der Waals surface area (Å²) >= 11 is 0. The molecule has 0 saturated carbocycles. The Morgan fingerprint density at radius 1 is 0.692 bits per heavy atom. The van der Waals surface area contributed by atoms with E-state index in [1.807, 2.05) is 18.2 Å². The number of hydrogen-bond acceptors (Lipinski definition) is 5. The van der Waals surface area contributed by atoms with Crippen LogP contribution in [0.5, 0.6) is 17.2 Å². The maximum absolute atomic E-state index is 12.3. The molecule has 0 atom stereocenters. The molecule has 5 heteroatoms. The van der Waals surface area contributed by atoms with E-state index in [2.05, 4.69) is 0 Å². The second-order valence-corrected chi connectivity index (χ2v) is 5.95. The van der Waals surface area contributed by atoms with Gasteiger partial charge < -0.3 is 14.2 Å². The van der Waals surface area contributed by atoms with Gasteiger partial charge in [-0.05, 0) is 30.4 Å². The minimum atomic E-state index is -0.206.